The molecule has 0 spiro atoms. The van der Waals surface area contributed by atoms with Crippen molar-refractivity contribution >= 4 is 29.3 Å². The van der Waals surface area contributed by atoms with Crippen LogP contribution >= 0.6 is 23.4 Å². The van der Waals surface area contributed by atoms with Gasteiger partial charge in [0.15, 0.2) is 5.82 Å². The van der Waals surface area contributed by atoms with Gasteiger partial charge in [-0.15, -0.1) is 5.10 Å². The molecule has 0 aliphatic carbocycles. The lowest BCUT2D eigenvalue weighted by Gasteiger charge is -2.01. The lowest BCUT2D eigenvalue weighted by atomic mass is 10.2. The van der Waals surface area contributed by atoms with E-state index in [9.17, 15) is 4.79 Å². The minimum Gasteiger partial charge on any atom is -0.355 e. The fourth-order valence-corrected chi connectivity index (χ4v) is 2.39. The molecule has 1 heterocycles. The summed E-state index contributed by atoms with van der Waals surface area (Å²) < 4.78 is 0. The molecule has 7 heteroatoms. The van der Waals surface area contributed by atoms with Crippen LogP contribution in [0.1, 0.15) is 19.8 Å². The number of rotatable bonds is 7. The van der Waals surface area contributed by atoms with Crippen LogP contribution in [0, 0.1) is 0 Å². The Labute approximate surface area is 132 Å². The number of H-pyrrole nitrogens is 1. The highest BCUT2D eigenvalue weighted by Crippen LogP contribution is 2.20. The molecule has 1 amide bonds. The van der Waals surface area contributed by atoms with E-state index in [1.54, 1.807) is 12.1 Å². The zero-order chi connectivity index (χ0) is 15.1. The van der Waals surface area contributed by atoms with Crippen molar-refractivity contribution in [2.45, 2.75) is 24.9 Å². The smallest absolute Gasteiger partial charge is 0.230 e. The maximum Gasteiger partial charge on any atom is 0.230 e. The Morgan fingerprint density at radius 3 is 2.86 bits per heavy atom. The molecule has 1 aromatic carbocycles. The van der Waals surface area contributed by atoms with E-state index in [1.807, 2.05) is 12.1 Å². The van der Waals surface area contributed by atoms with Gasteiger partial charge in [0.1, 0.15) is 0 Å². The predicted octanol–water partition coefficient (Wildman–Crippen LogP) is 3.13. The van der Waals surface area contributed by atoms with E-state index in [-0.39, 0.29) is 5.91 Å². The lowest BCUT2D eigenvalue weighted by molar-refractivity contribution is -0.118. The first-order valence-corrected chi connectivity index (χ1v) is 8.13. The maximum atomic E-state index is 11.6. The summed E-state index contributed by atoms with van der Waals surface area (Å²) in [6.45, 7) is 2.81. The number of hydrogen-bond donors (Lipinski definition) is 2. The molecule has 2 aromatic rings. The highest BCUT2D eigenvalue weighted by atomic mass is 35.5. The third-order valence-corrected chi connectivity index (χ3v) is 3.87. The molecule has 0 aliphatic rings. The van der Waals surface area contributed by atoms with Crippen LogP contribution in [0.5, 0.6) is 0 Å². The maximum absolute atomic E-state index is 11.6. The van der Waals surface area contributed by atoms with Crippen LogP contribution in [0.3, 0.4) is 0 Å². The quantitative estimate of drug-likeness (QED) is 0.606. The number of benzene rings is 1. The number of unbranched alkanes of at least 4 members (excludes halogenated alkanes) is 1. The Kier molecular flexibility index (Phi) is 6.07. The Bertz CT molecular complexity index is 585. The number of nitrogens with zero attached hydrogens (tertiary/aromatic N) is 2. The fraction of sp³-hybridized carbons (Fsp3) is 0.357. The Morgan fingerprint density at radius 2 is 2.14 bits per heavy atom. The summed E-state index contributed by atoms with van der Waals surface area (Å²) in [7, 11) is 0. The highest BCUT2D eigenvalue weighted by Gasteiger charge is 2.08. The fourth-order valence-electron chi connectivity index (χ4n) is 1.63. The Morgan fingerprint density at radius 1 is 1.38 bits per heavy atom. The first-order valence-electron chi connectivity index (χ1n) is 6.77. The average molecular weight is 325 g/mol. The molecule has 2 rings (SSSR count). The van der Waals surface area contributed by atoms with Crippen LogP contribution in [0.4, 0.5) is 0 Å². The van der Waals surface area contributed by atoms with Gasteiger partial charge in [0.25, 0.3) is 0 Å². The normalized spacial score (nSPS) is 10.6. The molecule has 0 atom stereocenters. The number of amides is 1. The van der Waals surface area contributed by atoms with Gasteiger partial charge in [-0.1, -0.05) is 36.7 Å². The first kappa shape index (κ1) is 15.9. The van der Waals surface area contributed by atoms with Gasteiger partial charge in [-0.2, -0.15) is 0 Å². The number of carbonyl (C=O) groups excluding carboxylic acids is 1. The van der Waals surface area contributed by atoms with E-state index in [0.29, 0.717) is 21.8 Å². The molecule has 1 aromatic heterocycles. The number of aromatic amines is 1. The van der Waals surface area contributed by atoms with E-state index in [0.717, 1.165) is 24.9 Å². The second kappa shape index (κ2) is 8.05. The Balaban J connectivity index is 1.86. The predicted molar refractivity (Wildman–Crippen MR) is 85.5 cm³/mol. The van der Waals surface area contributed by atoms with Crippen LogP contribution in [0.2, 0.25) is 5.02 Å². The van der Waals surface area contributed by atoms with Crippen molar-refractivity contribution in [1.29, 1.82) is 0 Å². The van der Waals surface area contributed by atoms with Gasteiger partial charge in [-0.05, 0) is 30.7 Å². The van der Waals surface area contributed by atoms with Gasteiger partial charge < -0.3 is 5.32 Å². The summed E-state index contributed by atoms with van der Waals surface area (Å²) in [4.78, 5) is 15.9. The van der Waals surface area contributed by atoms with Gasteiger partial charge in [0.05, 0.1) is 5.75 Å². The molecule has 112 valence electrons. The van der Waals surface area contributed by atoms with Crippen molar-refractivity contribution in [3.05, 3.63) is 29.3 Å². The summed E-state index contributed by atoms with van der Waals surface area (Å²) in [5, 5.41) is 11.1. The van der Waals surface area contributed by atoms with Crippen LogP contribution in [-0.4, -0.2) is 33.4 Å². The molecule has 0 aliphatic heterocycles. The lowest BCUT2D eigenvalue weighted by Crippen LogP contribution is -2.26. The molecule has 0 bridgehead atoms. The van der Waals surface area contributed by atoms with Crippen molar-refractivity contribution < 1.29 is 4.79 Å². The largest absolute Gasteiger partial charge is 0.355 e. The van der Waals surface area contributed by atoms with Gasteiger partial charge in [-0.3, -0.25) is 9.89 Å². The van der Waals surface area contributed by atoms with E-state index in [4.69, 9.17) is 11.6 Å². The monoisotopic (exact) mass is 324 g/mol. The second-order valence-electron chi connectivity index (χ2n) is 4.47. The summed E-state index contributed by atoms with van der Waals surface area (Å²) in [6, 6.07) is 7.34. The van der Waals surface area contributed by atoms with Gasteiger partial charge in [0, 0.05) is 17.1 Å². The van der Waals surface area contributed by atoms with Crippen LogP contribution < -0.4 is 5.32 Å². The van der Waals surface area contributed by atoms with Crippen molar-refractivity contribution in [2.24, 2.45) is 0 Å². The van der Waals surface area contributed by atoms with Crippen LogP contribution in [0.15, 0.2) is 29.4 Å². The summed E-state index contributed by atoms with van der Waals surface area (Å²) >= 11 is 7.16. The van der Waals surface area contributed by atoms with Crippen LogP contribution in [-0.2, 0) is 4.79 Å². The third-order valence-electron chi connectivity index (χ3n) is 2.77. The van der Waals surface area contributed by atoms with Crippen molar-refractivity contribution in [3.8, 4) is 11.4 Å². The standard InChI is InChI=1S/C14H17ClN4OS/c1-2-3-8-16-12(20)9-21-14-17-13(18-19-14)10-4-6-11(15)7-5-10/h4-7H,2-3,8-9H2,1H3,(H,16,20)(H,17,18,19). The summed E-state index contributed by atoms with van der Waals surface area (Å²) in [5.74, 6) is 0.994. The van der Waals surface area contributed by atoms with Crippen molar-refractivity contribution in [2.75, 3.05) is 12.3 Å². The minimum absolute atomic E-state index is 0.00583. The second-order valence-corrected chi connectivity index (χ2v) is 5.84. The minimum atomic E-state index is 0.00583. The highest BCUT2D eigenvalue weighted by molar-refractivity contribution is 7.99. The third kappa shape index (κ3) is 5.06. The topological polar surface area (TPSA) is 70.7 Å². The van der Waals surface area contributed by atoms with Gasteiger partial charge in [-0.25, -0.2) is 4.98 Å². The molecule has 2 N–H and O–H groups in total. The zero-order valence-corrected chi connectivity index (χ0v) is 13.3. The molecular weight excluding hydrogens is 308 g/mol. The SMILES string of the molecule is CCCCNC(=O)CSc1n[nH]c(-c2ccc(Cl)cc2)n1. The molecule has 21 heavy (non-hydrogen) atoms. The van der Waals surface area contributed by atoms with Crippen molar-refractivity contribution in [1.82, 2.24) is 20.5 Å². The molecule has 0 saturated carbocycles. The van der Waals surface area contributed by atoms with Crippen LogP contribution in [0.25, 0.3) is 11.4 Å². The number of carbonyl (C=O) groups is 1. The molecule has 0 saturated heterocycles. The number of hydrogen-bond acceptors (Lipinski definition) is 4. The number of aromatic nitrogens is 3. The molecule has 0 radical (unpaired) electrons. The van der Waals surface area contributed by atoms with Gasteiger partial charge >= 0.3 is 0 Å². The Hall–Kier alpha value is -1.53. The molecule has 5 nitrogen and oxygen atoms in total. The summed E-state index contributed by atoms with van der Waals surface area (Å²) in [6.07, 6.45) is 2.07. The number of halogens is 1. The molecular formula is C14H17ClN4OS. The number of thioether (sulfide) groups is 1. The zero-order valence-electron chi connectivity index (χ0n) is 11.7. The average Bonchev–Trinajstić information content (AvgIpc) is 2.95. The van der Waals surface area contributed by atoms with E-state index in [1.165, 1.54) is 11.8 Å². The summed E-state index contributed by atoms with van der Waals surface area (Å²) in [5.41, 5.74) is 0.908. The van der Waals surface area contributed by atoms with E-state index < -0.39 is 0 Å². The molecule has 0 fully saturated rings. The number of nitrogens with one attached hydrogen (secondary N) is 2. The van der Waals surface area contributed by atoms with Crippen molar-refractivity contribution in [3.63, 3.8) is 0 Å². The van der Waals surface area contributed by atoms with E-state index >= 15 is 0 Å². The van der Waals surface area contributed by atoms with Gasteiger partial charge in [0.2, 0.25) is 11.1 Å². The first-order chi connectivity index (χ1) is 10.2. The molecule has 0 unspecified atom stereocenters. The van der Waals surface area contributed by atoms with E-state index in [2.05, 4.69) is 27.4 Å².